The number of halogens is 2. The zero-order valence-electron chi connectivity index (χ0n) is 14.6. The van der Waals surface area contributed by atoms with Gasteiger partial charge < -0.3 is 10.1 Å². The van der Waals surface area contributed by atoms with Gasteiger partial charge in [-0.25, -0.2) is 4.98 Å². The van der Waals surface area contributed by atoms with Crippen LogP contribution >= 0.6 is 23.2 Å². The van der Waals surface area contributed by atoms with Crippen LogP contribution in [0.25, 0.3) is 16.9 Å². The Morgan fingerprint density at radius 3 is 2.61 bits per heavy atom. The Bertz CT molecular complexity index is 1140. The van der Waals surface area contributed by atoms with Crippen LogP contribution in [0.15, 0.2) is 72.9 Å². The van der Waals surface area contributed by atoms with Gasteiger partial charge >= 0.3 is 0 Å². The van der Waals surface area contributed by atoms with E-state index in [1.807, 2.05) is 59.1 Å². The zero-order chi connectivity index (χ0) is 19.5. The second kappa shape index (κ2) is 7.92. The van der Waals surface area contributed by atoms with E-state index >= 15 is 0 Å². The Morgan fingerprint density at radius 1 is 1.04 bits per heavy atom. The summed E-state index contributed by atoms with van der Waals surface area (Å²) in [5, 5.41) is 3.75. The third-order valence-electron chi connectivity index (χ3n) is 4.09. The first kappa shape index (κ1) is 18.3. The van der Waals surface area contributed by atoms with Gasteiger partial charge in [0.05, 0.1) is 5.02 Å². The molecular weight excluding hydrogens is 397 g/mol. The molecule has 7 heteroatoms. The number of nitrogens with zero attached hydrogens (tertiary/aromatic N) is 2. The maximum absolute atomic E-state index is 12.5. The molecule has 0 bridgehead atoms. The standard InChI is InChI=1S/C21H15Cl2N3O2/c22-15-9-10-17(16(23)12-15)28-13-19(27)25-21-20(14-6-2-1-3-7-14)24-18-8-4-5-11-26(18)21/h1-12H,13H2,(H,25,27). The summed E-state index contributed by atoms with van der Waals surface area (Å²) in [6.07, 6.45) is 1.85. The number of carbonyl (C=O) groups is 1. The van der Waals surface area contributed by atoms with Crippen LogP contribution in [0.5, 0.6) is 5.75 Å². The smallest absolute Gasteiger partial charge is 0.263 e. The highest BCUT2D eigenvalue weighted by atomic mass is 35.5. The van der Waals surface area contributed by atoms with Crippen LogP contribution in [0.1, 0.15) is 0 Å². The molecule has 4 aromatic rings. The highest BCUT2D eigenvalue weighted by molar-refractivity contribution is 6.35. The number of aromatic nitrogens is 2. The Balaban J connectivity index is 1.59. The number of benzene rings is 2. The van der Waals surface area contributed by atoms with Crippen molar-refractivity contribution in [1.82, 2.24) is 9.38 Å². The fourth-order valence-electron chi connectivity index (χ4n) is 2.82. The van der Waals surface area contributed by atoms with Crippen LogP contribution in [0.4, 0.5) is 5.82 Å². The van der Waals surface area contributed by atoms with Crippen LogP contribution in [-0.4, -0.2) is 21.9 Å². The van der Waals surface area contributed by atoms with Gasteiger partial charge in [0.15, 0.2) is 6.61 Å². The number of anilines is 1. The molecule has 0 fully saturated rings. The Kier molecular flexibility index (Phi) is 5.19. The van der Waals surface area contributed by atoms with E-state index in [1.165, 1.54) is 0 Å². The van der Waals surface area contributed by atoms with Crippen LogP contribution in [0, 0.1) is 0 Å². The second-order valence-electron chi connectivity index (χ2n) is 6.02. The van der Waals surface area contributed by atoms with E-state index in [1.54, 1.807) is 18.2 Å². The molecule has 0 aliphatic rings. The van der Waals surface area contributed by atoms with E-state index in [4.69, 9.17) is 27.9 Å². The summed E-state index contributed by atoms with van der Waals surface area (Å²) in [5.74, 6) is 0.647. The highest BCUT2D eigenvalue weighted by Crippen LogP contribution is 2.29. The van der Waals surface area contributed by atoms with Crippen molar-refractivity contribution >= 4 is 40.6 Å². The number of hydrogen-bond acceptors (Lipinski definition) is 3. The van der Waals surface area contributed by atoms with Crippen molar-refractivity contribution in [1.29, 1.82) is 0 Å². The lowest BCUT2D eigenvalue weighted by atomic mass is 10.1. The topological polar surface area (TPSA) is 55.6 Å². The molecule has 0 aliphatic carbocycles. The first-order valence-electron chi connectivity index (χ1n) is 8.52. The highest BCUT2D eigenvalue weighted by Gasteiger charge is 2.16. The molecule has 140 valence electrons. The van der Waals surface area contributed by atoms with Gasteiger partial charge in [0.25, 0.3) is 5.91 Å². The normalized spacial score (nSPS) is 10.8. The molecule has 2 heterocycles. The number of amides is 1. The molecular formula is C21H15Cl2N3O2. The summed E-state index contributed by atoms with van der Waals surface area (Å²) in [5.41, 5.74) is 2.33. The monoisotopic (exact) mass is 411 g/mol. The van der Waals surface area contributed by atoms with Crippen molar-refractivity contribution in [2.24, 2.45) is 0 Å². The number of pyridine rings is 1. The SMILES string of the molecule is O=C(COc1ccc(Cl)cc1Cl)Nc1c(-c2ccccc2)nc2ccccn12. The minimum absolute atomic E-state index is 0.199. The van der Waals surface area contributed by atoms with Gasteiger partial charge in [-0.15, -0.1) is 0 Å². The second-order valence-corrected chi connectivity index (χ2v) is 6.86. The Hall–Kier alpha value is -3.02. The fourth-order valence-corrected chi connectivity index (χ4v) is 3.28. The molecule has 0 unspecified atom stereocenters. The van der Waals surface area contributed by atoms with Gasteiger partial charge in [0, 0.05) is 16.8 Å². The first-order valence-corrected chi connectivity index (χ1v) is 9.27. The number of carbonyl (C=O) groups excluding carboxylic acids is 1. The van der Waals surface area contributed by atoms with Crippen LogP contribution in [0.3, 0.4) is 0 Å². The lowest BCUT2D eigenvalue weighted by Gasteiger charge is -2.10. The predicted molar refractivity (Wildman–Crippen MR) is 111 cm³/mol. The molecule has 0 radical (unpaired) electrons. The molecule has 28 heavy (non-hydrogen) atoms. The molecule has 0 saturated heterocycles. The number of nitrogens with one attached hydrogen (secondary N) is 1. The maximum atomic E-state index is 12.5. The minimum atomic E-state index is -0.325. The van der Waals surface area contributed by atoms with Crippen LogP contribution in [-0.2, 0) is 4.79 Å². The van der Waals surface area contributed by atoms with Crippen molar-refractivity contribution in [3.05, 3.63) is 83.0 Å². The minimum Gasteiger partial charge on any atom is -0.482 e. The van der Waals surface area contributed by atoms with Crippen molar-refractivity contribution in [2.45, 2.75) is 0 Å². The molecule has 0 aliphatic heterocycles. The van der Waals surface area contributed by atoms with E-state index in [0.29, 0.717) is 27.3 Å². The number of ether oxygens (including phenoxy) is 1. The number of imidazole rings is 1. The average Bonchev–Trinajstić information content (AvgIpc) is 3.06. The van der Waals surface area contributed by atoms with Crippen molar-refractivity contribution in [3.8, 4) is 17.0 Å². The van der Waals surface area contributed by atoms with Crippen molar-refractivity contribution in [3.63, 3.8) is 0 Å². The Labute approximate surface area is 171 Å². The maximum Gasteiger partial charge on any atom is 0.263 e. The number of rotatable bonds is 5. The van der Waals surface area contributed by atoms with Crippen molar-refractivity contribution in [2.75, 3.05) is 11.9 Å². The molecule has 0 atom stereocenters. The summed E-state index contributed by atoms with van der Waals surface area (Å²) >= 11 is 12.0. The molecule has 0 saturated carbocycles. The van der Waals surface area contributed by atoms with Gasteiger partial charge in [-0.05, 0) is 30.3 Å². The van der Waals surface area contributed by atoms with Gasteiger partial charge in [-0.3, -0.25) is 9.20 Å². The summed E-state index contributed by atoms with van der Waals surface area (Å²) < 4.78 is 7.36. The summed E-state index contributed by atoms with van der Waals surface area (Å²) in [6, 6.07) is 20.2. The molecule has 5 nitrogen and oxygen atoms in total. The van der Waals surface area contributed by atoms with Crippen molar-refractivity contribution < 1.29 is 9.53 Å². The number of fused-ring (bicyclic) bond motifs is 1. The Morgan fingerprint density at radius 2 is 1.82 bits per heavy atom. The molecule has 2 aromatic heterocycles. The van der Waals surface area contributed by atoms with E-state index in [-0.39, 0.29) is 12.5 Å². The summed E-state index contributed by atoms with van der Waals surface area (Å²) in [7, 11) is 0. The van der Waals surface area contributed by atoms with Gasteiger partial charge in [0.1, 0.15) is 22.9 Å². The third kappa shape index (κ3) is 3.81. The van der Waals surface area contributed by atoms with Crippen LogP contribution < -0.4 is 10.1 Å². The predicted octanol–water partition coefficient (Wildman–Crippen LogP) is 5.33. The van der Waals surface area contributed by atoms with E-state index < -0.39 is 0 Å². The van der Waals surface area contributed by atoms with Gasteiger partial charge in [-0.2, -0.15) is 0 Å². The molecule has 1 amide bonds. The summed E-state index contributed by atoms with van der Waals surface area (Å²) in [6.45, 7) is -0.199. The van der Waals surface area contributed by atoms with Gasteiger partial charge in [0.2, 0.25) is 0 Å². The molecule has 2 aromatic carbocycles. The third-order valence-corrected chi connectivity index (χ3v) is 4.62. The molecule has 1 N–H and O–H groups in total. The fraction of sp³-hybridized carbons (Fsp3) is 0.0476. The first-order chi connectivity index (χ1) is 13.6. The zero-order valence-corrected chi connectivity index (χ0v) is 16.1. The lowest BCUT2D eigenvalue weighted by molar-refractivity contribution is -0.118. The quantitative estimate of drug-likeness (QED) is 0.482. The lowest BCUT2D eigenvalue weighted by Crippen LogP contribution is -2.21. The molecule has 0 spiro atoms. The number of hydrogen-bond donors (Lipinski definition) is 1. The van der Waals surface area contributed by atoms with Crippen LogP contribution in [0.2, 0.25) is 10.0 Å². The van der Waals surface area contributed by atoms with E-state index in [9.17, 15) is 4.79 Å². The molecule has 4 rings (SSSR count). The van der Waals surface area contributed by atoms with E-state index in [2.05, 4.69) is 10.3 Å². The average molecular weight is 412 g/mol. The summed E-state index contributed by atoms with van der Waals surface area (Å²) in [4.78, 5) is 17.2. The largest absolute Gasteiger partial charge is 0.482 e. The van der Waals surface area contributed by atoms with E-state index in [0.717, 1.165) is 11.2 Å². The van der Waals surface area contributed by atoms with Gasteiger partial charge in [-0.1, -0.05) is 59.6 Å².